The summed E-state index contributed by atoms with van der Waals surface area (Å²) in [6, 6.07) is 28.2. The van der Waals surface area contributed by atoms with Crippen LogP contribution in [0.1, 0.15) is 28.4 Å². The van der Waals surface area contributed by atoms with Crippen molar-refractivity contribution in [3.8, 4) is 0 Å². The predicted molar refractivity (Wildman–Crippen MR) is 120 cm³/mol. The van der Waals surface area contributed by atoms with Crippen LogP contribution in [0, 0.1) is 0 Å². The van der Waals surface area contributed by atoms with Crippen LogP contribution in [0.15, 0.2) is 84.9 Å². The highest BCUT2D eigenvalue weighted by Crippen LogP contribution is 2.28. The van der Waals surface area contributed by atoms with Crippen LogP contribution >= 0.6 is 11.6 Å². The Kier molecular flexibility index (Phi) is 6.28. The van der Waals surface area contributed by atoms with Gasteiger partial charge in [0.05, 0.1) is 0 Å². The molecule has 29 heavy (non-hydrogen) atoms. The molecule has 0 bridgehead atoms. The number of hydrogen-bond donors (Lipinski definition) is 0. The Bertz CT molecular complexity index is 920. The lowest BCUT2D eigenvalue weighted by Crippen LogP contribution is -2.48. The molecule has 4 heteroatoms. The summed E-state index contributed by atoms with van der Waals surface area (Å²) in [7, 11) is 0. The molecule has 0 amide bonds. The lowest BCUT2D eigenvalue weighted by atomic mass is 9.96. The Labute approximate surface area is 177 Å². The molecule has 3 aromatic carbocycles. The van der Waals surface area contributed by atoms with Crippen molar-refractivity contribution in [1.29, 1.82) is 0 Å². The van der Waals surface area contributed by atoms with Gasteiger partial charge in [0.15, 0.2) is 5.78 Å². The normalized spacial score (nSPS) is 15.8. The second kappa shape index (κ2) is 9.25. The highest BCUT2D eigenvalue weighted by molar-refractivity contribution is 6.30. The summed E-state index contributed by atoms with van der Waals surface area (Å²) in [5.41, 5.74) is 3.18. The molecule has 4 rings (SSSR count). The predicted octanol–water partition coefficient (Wildman–Crippen LogP) is 5.48. The largest absolute Gasteiger partial charge is 0.369 e. The third-order valence-electron chi connectivity index (χ3n) is 5.61. The number of benzene rings is 3. The summed E-state index contributed by atoms with van der Waals surface area (Å²) < 4.78 is 0. The minimum absolute atomic E-state index is 0.0808. The lowest BCUT2D eigenvalue weighted by Gasteiger charge is -2.40. The molecule has 0 saturated carbocycles. The van der Waals surface area contributed by atoms with E-state index >= 15 is 0 Å². The molecule has 3 nitrogen and oxygen atoms in total. The second-order valence-corrected chi connectivity index (χ2v) is 7.86. The van der Waals surface area contributed by atoms with Gasteiger partial charge < -0.3 is 4.90 Å². The maximum absolute atomic E-state index is 13.0. The fourth-order valence-electron chi connectivity index (χ4n) is 3.99. The van der Waals surface area contributed by atoms with E-state index in [4.69, 9.17) is 11.6 Å². The van der Waals surface area contributed by atoms with Crippen molar-refractivity contribution >= 4 is 23.1 Å². The minimum atomic E-state index is 0.0808. The first-order valence-electron chi connectivity index (χ1n) is 10.1. The molecule has 0 aromatic heterocycles. The number of piperazine rings is 1. The monoisotopic (exact) mass is 404 g/mol. The van der Waals surface area contributed by atoms with Crippen LogP contribution in [-0.4, -0.2) is 36.9 Å². The van der Waals surface area contributed by atoms with Crippen molar-refractivity contribution in [3.05, 3.63) is 101 Å². The zero-order chi connectivity index (χ0) is 20.1. The molecule has 148 valence electrons. The van der Waals surface area contributed by atoms with E-state index in [9.17, 15) is 4.79 Å². The molecule has 1 saturated heterocycles. The summed E-state index contributed by atoms with van der Waals surface area (Å²) in [6.45, 7) is 3.79. The number of hydrogen-bond acceptors (Lipinski definition) is 3. The standard InChI is InChI=1S/C25H25ClN2O/c26-22-13-11-21(12-14-22)25(29)19-24(20-7-3-1-4-8-20)28-17-15-27(16-18-28)23-9-5-2-6-10-23/h1-14,24H,15-19H2/t24-/m0/s1. The van der Waals surface area contributed by atoms with Gasteiger partial charge in [-0.2, -0.15) is 0 Å². The van der Waals surface area contributed by atoms with E-state index in [1.165, 1.54) is 11.3 Å². The van der Waals surface area contributed by atoms with E-state index < -0.39 is 0 Å². The molecule has 0 spiro atoms. The first-order valence-corrected chi connectivity index (χ1v) is 10.5. The van der Waals surface area contributed by atoms with Gasteiger partial charge in [-0.1, -0.05) is 60.1 Å². The number of carbonyl (C=O) groups excluding carboxylic acids is 1. The third-order valence-corrected chi connectivity index (χ3v) is 5.86. The van der Waals surface area contributed by atoms with Gasteiger partial charge in [0, 0.05) is 54.9 Å². The molecule has 0 unspecified atom stereocenters. The number of anilines is 1. The fourth-order valence-corrected chi connectivity index (χ4v) is 4.12. The molecule has 1 fully saturated rings. The highest BCUT2D eigenvalue weighted by Gasteiger charge is 2.27. The zero-order valence-corrected chi connectivity index (χ0v) is 17.1. The number of ketones is 1. The van der Waals surface area contributed by atoms with Crippen LogP contribution in [0.5, 0.6) is 0 Å². The molecule has 0 N–H and O–H groups in total. The SMILES string of the molecule is O=C(C[C@@H](c1ccccc1)N1CCN(c2ccccc2)CC1)c1ccc(Cl)cc1. The van der Waals surface area contributed by atoms with Crippen molar-refractivity contribution in [2.45, 2.75) is 12.5 Å². The van der Waals surface area contributed by atoms with Crippen molar-refractivity contribution in [1.82, 2.24) is 4.90 Å². The number of carbonyl (C=O) groups is 1. The Hall–Kier alpha value is -2.62. The zero-order valence-electron chi connectivity index (χ0n) is 16.4. The summed E-state index contributed by atoms with van der Waals surface area (Å²) >= 11 is 5.98. The Morgan fingerprint density at radius 3 is 2.00 bits per heavy atom. The molecule has 1 aliphatic heterocycles. The maximum Gasteiger partial charge on any atom is 0.164 e. The maximum atomic E-state index is 13.0. The van der Waals surface area contributed by atoms with Crippen LogP contribution in [0.25, 0.3) is 0 Å². The molecular formula is C25H25ClN2O. The van der Waals surface area contributed by atoms with Gasteiger partial charge in [0.2, 0.25) is 0 Å². The smallest absolute Gasteiger partial charge is 0.164 e. The molecule has 1 heterocycles. The van der Waals surface area contributed by atoms with Gasteiger partial charge in [0.1, 0.15) is 0 Å². The molecular weight excluding hydrogens is 380 g/mol. The summed E-state index contributed by atoms with van der Waals surface area (Å²) in [4.78, 5) is 17.9. The van der Waals surface area contributed by atoms with Gasteiger partial charge in [0.25, 0.3) is 0 Å². The van der Waals surface area contributed by atoms with E-state index in [0.29, 0.717) is 11.4 Å². The van der Waals surface area contributed by atoms with Gasteiger partial charge >= 0.3 is 0 Å². The number of halogens is 1. The Morgan fingerprint density at radius 1 is 0.793 bits per heavy atom. The van der Waals surface area contributed by atoms with Crippen LogP contribution in [0.4, 0.5) is 5.69 Å². The average Bonchev–Trinajstić information content (AvgIpc) is 2.79. The minimum Gasteiger partial charge on any atom is -0.369 e. The molecule has 0 aliphatic carbocycles. The highest BCUT2D eigenvalue weighted by atomic mass is 35.5. The molecule has 1 atom stereocenters. The number of para-hydroxylation sites is 1. The molecule has 1 aliphatic rings. The van der Waals surface area contributed by atoms with Crippen LogP contribution in [0.3, 0.4) is 0 Å². The van der Waals surface area contributed by atoms with E-state index in [1.54, 1.807) is 12.1 Å². The topological polar surface area (TPSA) is 23.6 Å². The van der Waals surface area contributed by atoms with Crippen molar-refractivity contribution in [2.24, 2.45) is 0 Å². The van der Waals surface area contributed by atoms with Gasteiger partial charge in [-0.25, -0.2) is 0 Å². The van der Waals surface area contributed by atoms with Crippen LogP contribution in [0.2, 0.25) is 5.02 Å². The van der Waals surface area contributed by atoms with Gasteiger partial charge in [-0.3, -0.25) is 9.69 Å². The Morgan fingerprint density at radius 2 is 1.38 bits per heavy atom. The van der Waals surface area contributed by atoms with Crippen molar-refractivity contribution < 1.29 is 4.79 Å². The first-order chi connectivity index (χ1) is 14.2. The van der Waals surface area contributed by atoms with E-state index in [1.807, 2.05) is 24.3 Å². The number of Topliss-reactive ketones (excluding diaryl/α,β-unsaturated/α-hetero) is 1. The number of nitrogens with zero attached hydrogens (tertiary/aromatic N) is 2. The third kappa shape index (κ3) is 4.87. The molecule has 3 aromatic rings. The van der Waals surface area contributed by atoms with E-state index in [2.05, 4.69) is 58.3 Å². The molecule has 0 radical (unpaired) electrons. The summed E-state index contributed by atoms with van der Waals surface area (Å²) in [5, 5.41) is 0.651. The first kappa shape index (κ1) is 19.7. The summed E-state index contributed by atoms with van der Waals surface area (Å²) in [5.74, 6) is 0.154. The second-order valence-electron chi connectivity index (χ2n) is 7.42. The fraction of sp³-hybridized carbons (Fsp3) is 0.240. The van der Waals surface area contributed by atoms with Crippen molar-refractivity contribution in [2.75, 3.05) is 31.1 Å². The van der Waals surface area contributed by atoms with Crippen molar-refractivity contribution in [3.63, 3.8) is 0 Å². The van der Waals surface area contributed by atoms with Crippen LogP contribution in [-0.2, 0) is 0 Å². The lowest BCUT2D eigenvalue weighted by molar-refractivity contribution is 0.0910. The number of rotatable bonds is 6. The average molecular weight is 405 g/mol. The van der Waals surface area contributed by atoms with Crippen LogP contribution < -0.4 is 4.90 Å². The Balaban J connectivity index is 1.49. The van der Waals surface area contributed by atoms with Gasteiger partial charge in [-0.05, 0) is 42.0 Å². The van der Waals surface area contributed by atoms with E-state index in [-0.39, 0.29) is 11.8 Å². The van der Waals surface area contributed by atoms with E-state index in [0.717, 1.165) is 31.7 Å². The van der Waals surface area contributed by atoms with Gasteiger partial charge in [-0.15, -0.1) is 0 Å². The quantitative estimate of drug-likeness (QED) is 0.508. The summed E-state index contributed by atoms with van der Waals surface area (Å²) in [6.07, 6.45) is 0.469.